The van der Waals surface area contributed by atoms with Gasteiger partial charge in [-0.1, -0.05) is 30.6 Å². The smallest absolute Gasteiger partial charge is 0.408 e. The minimum absolute atomic E-state index is 0.246. The van der Waals surface area contributed by atoms with Gasteiger partial charge in [-0.25, -0.2) is 9.78 Å². The SMILES string of the molecule is COc1ccc2nc(NC(=O)C3(NC(=O)OC(C)(C)C)CCCCC3)sc2c1. The number of carbonyl (C=O) groups excluding carboxylic acids is 2. The Labute approximate surface area is 168 Å². The van der Waals surface area contributed by atoms with Crippen molar-refractivity contribution in [1.82, 2.24) is 10.3 Å². The van der Waals surface area contributed by atoms with Gasteiger partial charge in [-0.15, -0.1) is 0 Å². The topological polar surface area (TPSA) is 89.5 Å². The fourth-order valence-electron chi connectivity index (χ4n) is 3.37. The molecule has 1 saturated carbocycles. The van der Waals surface area contributed by atoms with E-state index in [-0.39, 0.29) is 5.91 Å². The molecular weight excluding hydrogens is 378 g/mol. The third-order valence-electron chi connectivity index (χ3n) is 4.70. The Balaban J connectivity index is 1.78. The van der Waals surface area contributed by atoms with Crippen molar-refractivity contribution in [2.75, 3.05) is 12.4 Å². The van der Waals surface area contributed by atoms with Crippen LogP contribution in [0.1, 0.15) is 52.9 Å². The zero-order chi connectivity index (χ0) is 20.4. The maximum atomic E-state index is 13.2. The fourth-order valence-corrected chi connectivity index (χ4v) is 4.25. The number of methoxy groups -OCH3 is 1. The van der Waals surface area contributed by atoms with E-state index in [2.05, 4.69) is 15.6 Å². The number of hydrogen-bond donors (Lipinski definition) is 2. The first-order chi connectivity index (χ1) is 13.2. The Kier molecular flexibility index (Phi) is 5.79. The van der Waals surface area contributed by atoms with E-state index in [0.29, 0.717) is 18.0 Å². The lowest BCUT2D eigenvalue weighted by Gasteiger charge is -2.36. The van der Waals surface area contributed by atoms with E-state index in [1.54, 1.807) is 27.9 Å². The minimum Gasteiger partial charge on any atom is -0.497 e. The lowest BCUT2D eigenvalue weighted by Crippen LogP contribution is -2.58. The Hall–Kier alpha value is -2.35. The van der Waals surface area contributed by atoms with Gasteiger partial charge in [-0.3, -0.25) is 10.1 Å². The molecule has 1 aromatic carbocycles. The molecule has 0 atom stereocenters. The van der Waals surface area contributed by atoms with Gasteiger partial charge in [0.2, 0.25) is 0 Å². The molecular formula is C20H27N3O4S. The van der Waals surface area contributed by atoms with E-state index in [0.717, 1.165) is 35.2 Å². The summed E-state index contributed by atoms with van der Waals surface area (Å²) < 4.78 is 11.5. The van der Waals surface area contributed by atoms with Gasteiger partial charge in [0, 0.05) is 0 Å². The fraction of sp³-hybridized carbons (Fsp3) is 0.550. The Bertz CT molecular complexity index is 866. The van der Waals surface area contributed by atoms with E-state index in [9.17, 15) is 9.59 Å². The van der Waals surface area contributed by atoms with Crippen molar-refractivity contribution in [1.29, 1.82) is 0 Å². The first-order valence-electron chi connectivity index (χ1n) is 9.48. The summed E-state index contributed by atoms with van der Waals surface area (Å²) in [6.45, 7) is 5.40. The molecule has 0 spiro atoms. The number of amides is 2. The molecule has 8 heteroatoms. The molecule has 28 heavy (non-hydrogen) atoms. The molecule has 0 bridgehead atoms. The summed E-state index contributed by atoms with van der Waals surface area (Å²) in [5, 5.41) is 6.25. The number of benzene rings is 1. The standard InChI is InChI=1S/C20H27N3O4S/c1-19(2,3)27-18(25)23-20(10-6-5-7-11-20)16(24)22-17-21-14-9-8-13(26-4)12-15(14)28-17/h8-9,12H,5-7,10-11H2,1-4H3,(H,23,25)(H,21,22,24). The predicted molar refractivity (Wildman–Crippen MR) is 110 cm³/mol. The van der Waals surface area contributed by atoms with Crippen molar-refractivity contribution in [2.45, 2.75) is 64.0 Å². The number of fused-ring (bicyclic) bond motifs is 1. The van der Waals surface area contributed by atoms with Gasteiger partial charge in [-0.05, 0) is 51.8 Å². The van der Waals surface area contributed by atoms with E-state index in [4.69, 9.17) is 9.47 Å². The van der Waals surface area contributed by atoms with Gasteiger partial charge in [-0.2, -0.15) is 0 Å². The molecule has 1 heterocycles. The largest absolute Gasteiger partial charge is 0.497 e. The van der Waals surface area contributed by atoms with Crippen molar-refractivity contribution in [3.63, 3.8) is 0 Å². The van der Waals surface area contributed by atoms with Crippen LogP contribution in [0.2, 0.25) is 0 Å². The molecule has 0 radical (unpaired) electrons. The molecule has 0 saturated heterocycles. The second-order valence-corrected chi connectivity index (χ2v) is 9.11. The number of thiazole rings is 1. The summed E-state index contributed by atoms with van der Waals surface area (Å²) >= 11 is 1.38. The van der Waals surface area contributed by atoms with Crippen LogP contribution in [-0.2, 0) is 9.53 Å². The van der Waals surface area contributed by atoms with Crippen molar-refractivity contribution >= 4 is 38.7 Å². The molecule has 0 unspecified atom stereocenters. The molecule has 1 aliphatic carbocycles. The second kappa shape index (κ2) is 7.95. The normalized spacial score (nSPS) is 16.4. The molecule has 2 N–H and O–H groups in total. The van der Waals surface area contributed by atoms with Gasteiger partial charge in [0.15, 0.2) is 5.13 Å². The van der Waals surface area contributed by atoms with Crippen molar-refractivity contribution in [3.05, 3.63) is 18.2 Å². The molecule has 152 valence electrons. The highest BCUT2D eigenvalue weighted by Gasteiger charge is 2.42. The van der Waals surface area contributed by atoms with Crippen LogP contribution in [0.3, 0.4) is 0 Å². The van der Waals surface area contributed by atoms with Crippen molar-refractivity contribution in [3.8, 4) is 5.75 Å². The van der Waals surface area contributed by atoms with E-state index in [1.807, 2.05) is 18.2 Å². The average Bonchev–Trinajstić information content (AvgIpc) is 3.01. The van der Waals surface area contributed by atoms with Crippen LogP contribution in [0.4, 0.5) is 9.93 Å². The Morgan fingerprint density at radius 3 is 2.54 bits per heavy atom. The van der Waals surface area contributed by atoms with E-state index < -0.39 is 17.2 Å². The molecule has 7 nitrogen and oxygen atoms in total. The van der Waals surface area contributed by atoms with E-state index >= 15 is 0 Å². The third-order valence-corrected chi connectivity index (χ3v) is 5.63. The number of ether oxygens (including phenoxy) is 2. The number of anilines is 1. The number of carbonyl (C=O) groups is 2. The monoisotopic (exact) mass is 405 g/mol. The van der Waals surface area contributed by atoms with Gasteiger partial charge in [0.05, 0.1) is 17.3 Å². The van der Waals surface area contributed by atoms with Gasteiger partial charge in [0.1, 0.15) is 16.9 Å². The number of alkyl carbamates (subject to hydrolysis) is 1. The molecule has 2 aromatic rings. The lowest BCUT2D eigenvalue weighted by atomic mass is 9.81. The zero-order valence-electron chi connectivity index (χ0n) is 16.8. The maximum Gasteiger partial charge on any atom is 0.408 e. The van der Waals surface area contributed by atoms with E-state index in [1.165, 1.54) is 11.3 Å². The maximum absolute atomic E-state index is 13.2. The number of aromatic nitrogens is 1. The molecule has 3 rings (SSSR count). The van der Waals surface area contributed by atoms with Crippen LogP contribution in [0, 0.1) is 0 Å². The summed E-state index contributed by atoms with van der Waals surface area (Å²) in [7, 11) is 1.61. The van der Waals surface area contributed by atoms with Crippen LogP contribution in [0.15, 0.2) is 18.2 Å². The highest BCUT2D eigenvalue weighted by atomic mass is 32.1. The average molecular weight is 406 g/mol. The highest BCUT2D eigenvalue weighted by Crippen LogP contribution is 2.33. The third kappa shape index (κ3) is 4.73. The molecule has 1 aliphatic rings. The number of nitrogens with one attached hydrogen (secondary N) is 2. The lowest BCUT2D eigenvalue weighted by molar-refractivity contribution is -0.123. The predicted octanol–water partition coefficient (Wildman–Crippen LogP) is 4.47. The second-order valence-electron chi connectivity index (χ2n) is 8.08. The number of rotatable bonds is 4. The van der Waals surface area contributed by atoms with Crippen molar-refractivity contribution < 1.29 is 19.1 Å². The Morgan fingerprint density at radius 2 is 1.89 bits per heavy atom. The summed E-state index contributed by atoms with van der Waals surface area (Å²) in [5.74, 6) is 0.494. The minimum atomic E-state index is -0.976. The molecule has 2 amide bonds. The van der Waals surface area contributed by atoms with Crippen molar-refractivity contribution in [2.24, 2.45) is 0 Å². The Morgan fingerprint density at radius 1 is 1.18 bits per heavy atom. The van der Waals surface area contributed by atoms with Gasteiger partial charge < -0.3 is 14.8 Å². The van der Waals surface area contributed by atoms with Crippen LogP contribution in [0.25, 0.3) is 10.2 Å². The van der Waals surface area contributed by atoms with Gasteiger partial charge in [0.25, 0.3) is 5.91 Å². The summed E-state index contributed by atoms with van der Waals surface area (Å²) in [5.41, 5.74) is -0.808. The quantitative estimate of drug-likeness (QED) is 0.783. The highest BCUT2D eigenvalue weighted by molar-refractivity contribution is 7.22. The summed E-state index contributed by atoms with van der Waals surface area (Å²) in [4.78, 5) is 30.0. The van der Waals surface area contributed by atoms with Crippen LogP contribution >= 0.6 is 11.3 Å². The first-order valence-corrected chi connectivity index (χ1v) is 10.3. The molecule has 0 aliphatic heterocycles. The van der Waals surface area contributed by atoms with Crippen LogP contribution in [-0.4, -0.2) is 35.2 Å². The molecule has 1 fully saturated rings. The molecule has 1 aromatic heterocycles. The van der Waals surface area contributed by atoms with Crippen LogP contribution in [0.5, 0.6) is 5.75 Å². The zero-order valence-corrected chi connectivity index (χ0v) is 17.6. The summed E-state index contributed by atoms with van der Waals surface area (Å²) in [6.07, 6.45) is 3.39. The number of nitrogens with zero attached hydrogens (tertiary/aromatic N) is 1. The number of hydrogen-bond acceptors (Lipinski definition) is 6. The van der Waals surface area contributed by atoms with Crippen LogP contribution < -0.4 is 15.4 Å². The summed E-state index contributed by atoms with van der Waals surface area (Å²) in [6, 6.07) is 5.58. The van der Waals surface area contributed by atoms with Gasteiger partial charge >= 0.3 is 6.09 Å². The first kappa shape index (κ1) is 20.4.